The molecule has 2 aromatic carbocycles. The van der Waals surface area contributed by atoms with Crippen LogP contribution in [0, 0.1) is 11.3 Å². The maximum atomic E-state index is 8.70. The van der Waals surface area contributed by atoms with Gasteiger partial charge in [-0.25, -0.2) is 0 Å². The van der Waals surface area contributed by atoms with Crippen LogP contribution >= 0.6 is 12.4 Å². The molecule has 0 fully saturated rings. The fourth-order valence-electron chi connectivity index (χ4n) is 1.57. The molecule has 0 atom stereocenters. The van der Waals surface area contributed by atoms with Gasteiger partial charge in [-0.15, -0.1) is 12.4 Å². The van der Waals surface area contributed by atoms with Gasteiger partial charge in [0, 0.05) is 16.9 Å². The largest absolute Gasteiger partial charge is 0.399 e. The van der Waals surface area contributed by atoms with Crippen molar-refractivity contribution in [2.45, 2.75) is 0 Å². The van der Waals surface area contributed by atoms with Gasteiger partial charge in [-0.1, -0.05) is 18.2 Å². The van der Waals surface area contributed by atoms with Gasteiger partial charge < -0.3 is 11.5 Å². The first-order valence-electron chi connectivity index (χ1n) is 4.86. The van der Waals surface area contributed by atoms with E-state index in [-0.39, 0.29) is 12.4 Å². The molecule has 0 aliphatic heterocycles. The third-order valence-electron chi connectivity index (χ3n) is 2.40. The van der Waals surface area contributed by atoms with Crippen molar-refractivity contribution in [3.05, 3.63) is 48.0 Å². The molecule has 4 heteroatoms. The lowest BCUT2D eigenvalue weighted by Gasteiger charge is -2.06. The molecule has 0 saturated carbocycles. The summed E-state index contributed by atoms with van der Waals surface area (Å²) in [6.07, 6.45) is 0. The van der Waals surface area contributed by atoms with Crippen LogP contribution in [0.2, 0.25) is 0 Å². The normalized spacial score (nSPS) is 9.12. The molecule has 3 nitrogen and oxygen atoms in total. The second-order valence-corrected chi connectivity index (χ2v) is 3.54. The van der Waals surface area contributed by atoms with Crippen LogP contribution in [0.15, 0.2) is 42.5 Å². The van der Waals surface area contributed by atoms with Crippen molar-refractivity contribution >= 4 is 23.8 Å². The van der Waals surface area contributed by atoms with Crippen molar-refractivity contribution in [1.29, 1.82) is 5.26 Å². The first kappa shape index (κ1) is 12.9. The number of hydrogen-bond acceptors (Lipinski definition) is 3. The molecular formula is C13H12ClN3. The minimum absolute atomic E-state index is 0. The topological polar surface area (TPSA) is 75.8 Å². The second kappa shape index (κ2) is 5.24. The first-order chi connectivity index (χ1) is 7.70. The summed E-state index contributed by atoms with van der Waals surface area (Å²) in [7, 11) is 0. The van der Waals surface area contributed by atoms with Crippen molar-refractivity contribution in [3.63, 3.8) is 0 Å². The van der Waals surface area contributed by atoms with Crippen LogP contribution in [0.4, 0.5) is 11.4 Å². The summed E-state index contributed by atoms with van der Waals surface area (Å²) in [5.74, 6) is 0. The summed E-state index contributed by atoms with van der Waals surface area (Å²) >= 11 is 0. The highest BCUT2D eigenvalue weighted by Crippen LogP contribution is 2.27. The zero-order chi connectivity index (χ0) is 11.5. The molecule has 0 unspecified atom stereocenters. The van der Waals surface area contributed by atoms with Crippen LogP contribution in [-0.2, 0) is 0 Å². The van der Waals surface area contributed by atoms with E-state index in [4.69, 9.17) is 16.7 Å². The van der Waals surface area contributed by atoms with Gasteiger partial charge in [0.1, 0.15) is 0 Å². The van der Waals surface area contributed by atoms with Crippen LogP contribution in [-0.4, -0.2) is 0 Å². The number of nitrogens with two attached hydrogens (primary N) is 2. The zero-order valence-electron chi connectivity index (χ0n) is 9.05. The minimum Gasteiger partial charge on any atom is -0.399 e. The van der Waals surface area contributed by atoms with E-state index in [1.165, 1.54) is 0 Å². The fraction of sp³-hybridized carbons (Fsp3) is 0. The van der Waals surface area contributed by atoms with E-state index in [9.17, 15) is 0 Å². The third-order valence-corrected chi connectivity index (χ3v) is 2.40. The van der Waals surface area contributed by atoms with Crippen molar-refractivity contribution in [2.75, 3.05) is 11.5 Å². The Labute approximate surface area is 106 Å². The maximum absolute atomic E-state index is 8.70. The Bertz CT molecular complexity index is 556. The summed E-state index contributed by atoms with van der Waals surface area (Å²) in [5.41, 5.74) is 15.3. The SMILES string of the molecule is Cl.N#Cc1ccc(-c2ccc(N)cc2N)cc1. The van der Waals surface area contributed by atoms with E-state index in [1.54, 1.807) is 18.2 Å². The average Bonchev–Trinajstić information content (AvgIpc) is 2.29. The summed E-state index contributed by atoms with van der Waals surface area (Å²) in [6, 6.07) is 14.8. The number of nitrogen functional groups attached to an aromatic ring is 2. The van der Waals surface area contributed by atoms with Crippen molar-refractivity contribution in [3.8, 4) is 17.2 Å². The highest BCUT2D eigenvalue weighted by molar-refractivity contribution is 5.85. The summed E-state index contributed by atoms with van der Waals surface area (Å²) in [5, 5.41) is 8.70. The minimum atomic E-state index is 0. The van der Waals surface area contributed by atoms with Crippen LogP contribution in [0.25, 0.3) is 11.1 Å². The Balaban J connectivity index is 0.00000144. The highest BCUT2D eigenvalue weighted by atomic mass is 35.5. The smallest absolute Gasteiger partial charge is 0.0991 e. The van der Waals surface area contributed by atoms with E-state index in [2.05, 4.69) is 6.07 Å². The molecule has 0 bridgehead atoms. The van der Waals surface area contributed by atoms with Gasteiger partial charge in [0.25, 0.3) is 0 Å². The lowest BCUT2D eigenvalue weighted by atomic mass is 10.0. The van der Waals surface area contributed by atoms with Crippen molar-refractivity contribution in [1.82, 2.24) is 0 Å². The predicted molar refractivity (Wildman–Crippen MR) is 72.7 cm³/mol. The molecule has 2 aromatic rings. The van der Waals surface area contributed by atoms with E-state index >= 15 is 0 Å². The molecule has 0 aliphatic rings. The molecular weight excluding hydrogens is 234 g/mol. The Morgan fingerprint density at radius 1 is 0.941 bits per heavy atom. The van der Waals surface area contributed by atoms with Gasteiger partial charge in [0.2, 0.25) is 0 Å². The molecule has 0 saturated heterocycles. The number of anilines is 2. The highest BCUT2D eigenvalue weighted by Gasteiger charge is 2.02. The Morgan fingerprint density at radius 2 is 1.59 bits per heavy atom. The Hall–Kier alpha value is -2.18. The maximum Gasteiger partial charge on any atom is 0.0991 e. The van der Waals surface area contributed by atoms with Crippen LogP contribution < -0.4 is 11.5 Å². The number of rotatable bonds is 1. The van der Waals surface area contributed by atoms with Crippen molar-refractivity contribution < 1.29 is 0 Å². The quantitative estimate of drug-likeness (QED) is 0.759. The monoisotopic (exact) mass is 245 g/mol. The number of nitrogens with zero attached hydrogens (tertiary/aromatic N) is 1. The first-order valence-corrected chi connectivity index (χ1v) is 4.86. The van der Waals surface area contributed by atoms with Crippen LogP contribution in [0.5, 0.6) is 0 Å². The lowest BCUT2D eigenvalue weighted by molar-refractivity contribution is 1.48. The molecule has 86 valence electrons. The van der Waals surface area contributed by atoms with E-state index in [0.717, 1.165) is 11.1 Å². The van der Waals surface area contributed by atoms with Gasteiger partial charge in [-0.3, -0.25) is 0 Å². The molecule has 2 rings (SSSR count). The average molecular weight is 246 g/mol. The zero-order valence-corrected chi connectivity index (χ0v) is 9.87. The van der Waals surface area contributed by atoms with E-state index < -0.39 is 0 Å². The predicted octanol–water partition coefficient (Wildman–Crippen LogP) is 2.81. The van der Waals surface area contributed by atoms with E-state index in [1.807, 2.05) is 24.3 Å². The summed E-state index contributed by atoms with van der Waals surface area (Å²) < 4.78 is 0. The third kappa shape index (κ3) is 2.68. The standard InChI is InChI=1S/C13H11N3.ClH/c14-8-9-1-3-10(4-2-9)12-6-5-11(15)7-13(12)16;/h1-7H,15-16H2;1H. The molecule has 0 aromatic heterocycles. The Morgan fingerprint density at radius 3 is 2.12 bits per heavy atom. The molecule has 17 heavy (non-hydrogen) atoms. The van der Waals surface area contributed by atoms with Crippen LogP contribution in [0.3, 0.4) is 0 Å². The van der Waals surface area contributed by atoms with Gasteiger partial charge >= 0.3 is 0 Å². The number of nitriles is 1. The van der Waals surface area contributed by atoms with Crippen molar-refractivity contribution in [2.24, 2.45) is 0 Å². The van der Waals surface area contributed by atoms with Crippen LogP contribution in [0.1, 0.15) is 5.56 Å². The molecule has 0 amide bonds. The second-order valence-electron chi connectivity index (χ2n) is 3.54. The van der Waals surface area contributed by atoms with Gasteiger partial charge in [0.15, 0.2) is 0 Å². The summed E-state index contributed by atoms with van der Waals surface area (Å²) in [4.78, 5) is 0. The number of hydrogen-bond donors (Lipinski definition) is 2. The molecule has 0 spiro atoms. The Kier molecular flexibility index (Phi) is 3.97. The number of benzene rings is 2. The van der Waals surface area contributed by atoms with Gasteiger partial charge in [-0.05, 0) is 29.8 Å². The van der Waals surface area contributed by atoms with Gasteiger partial charge in [0.05, 0.1) is 11.6 Å². The molecule has 4 N–H and O–H groups in total. The molecule has 0 radical (unpaired) electrons. The lowest BCUT2D eigenvalue weighted by Crippen LogP contribution is -1.93. The number of halogens is 1. The summed E-state index contributed by atoms with van der Waals surface area (Å²) in [6.45, 7) is 0. The van der Waals surface area contributed by atoms with E-state index in [0.29, 0.717) is 16.9 Å². The molecule has 0 heterocycles. The fourth-order valence-corrected chi connectivity index (χ4v) is 1.57. The molecule has 0 aliphatic carbocycles. The van der Waals surface area contributed by atoms with Gasteiger partial charge in [-0.2, -0.15) is 5.26 Å².